The summed E-state index contributed by atoms with van der Waals surface area (Å²) in [6.45, 7) is 4.31. The van der Waals surface area contributed by atoms with E-state index in [-0.39, 0.29) is 25.7 Å². The highest BCUT2D eigenvalue weighted by molar-refractivity contribution is 7.47. The number of ether oxygens (including phenoxy) is 4. The van der Waals surface area contributed by atoms with E-state index in [1.54, 1.807) is 0 Å². The highest BCUT2D eigenvalue weighted by Crippen LogP contribution is 2.45. The van der Waals surface area contributed by atoms with Gasteiger partial charge in [0.15, 0.2) is 12.2 Å². The fourth-order valence-corrected chi connectivity index (χ4v) is 11.2. The molecular formula is C85H136O17P2. The van der Waals surface area contributed by atoms with Gasteiger partial charge in [0.05, 0.1) is 26.4 Å². The zero-order valence-corrected chi connectivity index (χ0v) is 65.9. The monoisotopic (exact) mass is 1490 g/mol. The van der Waals surface area contributed by atoms with E-state index < -0.39 is 97.5 Å². The number of unbranched alkanes of at least 4 members (excludes halogenated alkanes) is 15. The fraction of sp³-hybridized carbons (Fsp3) is 0.600. The van der Waals surface area contributed by atoms with Crippen molar-refractivity contribution in [3.05, 3.63) is 182 Å². The van der Waals surface area contributed by atoms with Crippen LogP contribution in [-0.4, -0.2) is 96.7 Å². The van der Waals surface area contributed by atoms with E-state index in [4.69, 9.17) is 37.0 Å². The highest BCUT2D eigenvalue weighted by Gasteiger charge is 2.30. The summed E-state index contributed by atoms with van der Waals surface area (Å²) in [5.41, 5.74) is 0. The van der Waals surface area contributed by atoms with Gasteiger partial charge in [-0.1, -0.05) is 293 Å². The van der Waals surface area contributed by atoms with E-state index in [9.17, 15) is 43.2 Å². The van der Waals surface area contributed by atoms with Crippen LogP contribution in [0.25, 0.3) is 0 Å². The Labute approximate surface area is 628 Å². The zero-order chi connectivity index (χ0) is 76.0. The van der Waals surface area contributed by atoms with Gasteiger partial charge < -0.3 is 33.8 Å². The van der Waals surface area contributed by atoms with Gasteiger partial charge in [0, 0.05) is 25.7 Å². The van der Waals surface area contributed by atoms with E-state index >= 15 is 0 Å². The molecule has 0 saturated carbocycles. The molecule has 0 radical (unpaired) electrons. The Morgan fingerprint density at radius 1 is 0.279 bits per heavy atom. The quantitative estimate of drug-likeness (QED) is 0.0169. The number of phosphoric acid groups is 2. The van der Waals surface area contributed by atoms with Crippen molar-refractivity contribution >= 4 is 39.5 Å². The summed E-state index contributed by atoms with van der Waals surface area (Å²) in [6, 6.07) is 0. The number of carbonyl (C=O) groups excluding carboxylic acids is 4. The maximum absolute atomic E-state index is 13.1. The molecule has 0 aliphatic rings. The number of allylic oxidation sites excluding steroid dienone is 30. The van der Waals surface area contributed by atoms with Crippen LogP contribution in [0.4, 0.5) is 0 Å². The molecule has 5 unspecified atom stereocenters. The highest BCUT2D eigenvalue weighted by atomic mass is 31.2. The average Bonchev–Trinajstić information content (AvgIpc) is 0.929. The second-order valence-electron chi connectivity index (χ2n) is 25.2. The van der Waals surface area contributed by atoms with Crippen LogP contribution in [0.3, 0.4) is 0 Å². The van der Waals surface area contributed by atoms with Crippen LogP contribution in [0, 0.1) is 0 Å². The van der Waals surface area contributed by atoms with Crippen LogP contribution in [0.5, 0.6) is 0 Å². The molecule has 0 rings (SSSR count). The molecule has 104 heavy (non-hydrogen) atoms. The first-order valence-corrected chi connectivity index (χ1v) is 42.0. The first-order valence-electron chi connectivity index (χ1n) is 39.0. The maximum atomic E-state index is 13.1. The number of hydrogen-bond acceptors (Lipinski definition) is 15. The predicted molar refractivity (Wildman–Crippen MR) is 426 cm³/mol. The van der Waals surface area contributed by atoms with Crippen LogP contribution in [0.15, 0.2) is 182 Å². The molecule has 0 heterocycles. The number of rotatable bonds is 71. The molecule has 17 nitrogen and oxygen atoms in total. The Balaban J connectivity index is 5.48. The summed E-state index contributed by atoms with van der Waals surface area (Å²) in [4.78, 5) is 72.9. The molecule has 0 aromatic carbocycles. The molecule has 0 aliphatic heterocycles. The number of aliphatic hydroxyl groups excluding tert-OH is 1. The minimum atomic E-state index is -5.01. The Bertz CT molecular complexity index is 2690. The van der Waals surface area contributed by atoms with Crippen LogP contribution < -0.4 is 0 Å². The summed E-state index contributed by atoms with van der Waals surface area (Å²) in [5, 5.41) is 10.6. The van der Waals surface area contributed by atoms with Crippen molar-refractivity contribution in [2.75, 3.05) is 39.6 Å². The van der Waals surface area contributed by atoms with E-state index in [0.717, 1.165) is 141 Å². The van der Waals surface area contributed by atoms with E-state index in [0.29, 0.717) is 38.5 Å². The molecule has 0 aromatic rings. The van der Waals surface area contributed by atoms with Crippen molar-refractivity contribution in [1.82, 2.24) is 0 Å². The molecule has 0 bridgehead atoms. The number of carbonyl (C=O) groups is 4. The third kappa shape index (κ3) is 74.4. The molecule has 0 saturated heterocycles. The van der Waals surface area contributed by atoms with Crippen molar-refractivity contribution in [3.63, 3.8) is 0 Å². The van der Waals surface area contributed by atoms with Crippen LogP contribution >= 0.6 is 15.6 Å². The molecule has 0 aromatic heterocycles. The van der Waals surface area contributed by atoms with Crippen LogP contribution in [0.2, 0.25) is 0 Å². The molecule has 3 N–H and O–H groups in total. The second kappa shape index (κ2) is 75.4. The normalized spacial score (nSPS) is 14.9. The molecule has 0 amide bonds. The van der Waals surface area contributed by atoms with Gasteiger partial charge in [-0.3, -0.25) is 37.3 Å². The number of aliphatic hydroxyl groups is 1. The third-order valence-corrected chi connectivity index (χ3v) is 17.3. The lowest BCUT2D eigenvalue weighted by Gasteiger charge is -2.21. The molecular weight excluding hydrogens is 1350 g/mol. The lowest BCUT2D eigenvalue weighted by molar-refractivity contribution is -0.161. The van der Waals surface area contributed by atoms with Gasteiger partial charge in [-0.15, -0.1) is 0 Å². The summed E-state index contributed by atoms with van der Waals surface area (Å²) in [5.74, 6) is -2.40. The summed E-state index contributed by atoms with van der Waals surface area (Å²) >= 11 is 0. The van der Waals surface area contributed by atoms with Gasteiger partial charge in [-0.05, 0) is 135 Å². The van der Waals surface area contributed by atoms with Crippen molar-refractivity contribution in [2.24, 2.45) is 0 Å². The molecule has 19 heteroatoms. The standard InChI is InChI=1S/C85H136O17P2/c1-5-9-13-17-21-25-29-32-35-37-39-41-44-46-50-53-57-61-65-69-82(87)95-75-80(101-84(89)71-67-63-59-55-49-28-24-20-16-12-8-4)77-99-103(91,92)97-73-79(86)74-98-104(93,94)100-78-81(102-85(90)72-68-64-60-56-52-48-43-34-31-27-23-19-15-11-7-3)76-96-83(88)70-66-62-58-54-51-47-45-42-40-38-36-33-30-26-22-18-14-10-6-2/h9-11,13-15,21-23,25-27,32-36,39-43,46-47,50-51,57-58,61-62,79-81,86H,5-8,12,16-20,24,28-31,37-38,44-45,48-49,52-56,59-60,63-78H2,1-4H3,(H,91,92)(H,93,94)/b13-9-,14-10-,15-11-,25-21-,26-22-,27-23-,35-32-,36-33-,41-39-,42-40-,43-34-,50-46-,51-47-,61-57-,62-58-. The molecule has 0 fully saturated rings. The molecule has 0 spiro atoms. The first-order chi connectivity index (χ1) is 50.7. The van der Waals surface area contributed by atoms with Gasteiger partial charge in [0.2, 0.25) is 0 Å². The number of hydrogen-bond donors (Lipinski definition) is 3. The topological polar surface area (TPSA) is 237 Å². The van der Waals surface area contributed by atoms with Gasteiger partial charge >= 0.3 is 39.5 Å². The van der Waals surface area contributed by atoms with Gasteiger partial charge in [-0.2, -0.15) is 0 Å². The lowest BCUT2D eigenvalue weighted by atomic mass is 10.1. The van der Waals surface area contributed by atoms with Gasteiger partial charge in [-0.25, -0.2) is 9.13 Å². The van der Waals surface area contributed by atoms with Gasteiger partial charge in [0.25, 0.3) is 0 Å². The van der Waals surface area contributed by atoms with Gasteiger partial charge in [0.1, 0.15) is 19.3 Å². The van der Waals surface area contributed by atoms with Crippen molar-refractivity contribution in [3.8, 4) is 0 Å². The Kier molecular flexibility index (Phi) is 71.2. The largest absolute Gasteiger partial charge is 0.472 e. The zero-order valence-electron chi connectivity index (χ0n) is 64.1. The van der Waals surface area contributed by atoms with Crippen molar-refractivity contribution in [1.29, 1.82) is 0 Å². The fourth-order valence-electron chi connectivity index (χ4n) is 9.58. The summed E-state index contributed by atoms with van der Waals surface area (Å²) in [6.07, 6.45) is 90.6. The van der Waals surface area contributed by atoms with E-state index in [1.807, 2.05) is 36.5 Å². The average molecular weight is 1490 g/mol. The molecule has 0 aliphatic carbocycles. The van der Waals surface area contributed by atoms with Crippen LogP contribution in [-0.2, 0) is 65.4 Å². The Morgan fingerprint density at radius 2 is 0.519 bits per heavy atom. The number of phosphoric ester groups is 2. The lowest BCUT2D eigenvalue weighted by Crippen LogP contribution is -2.30. The predicted octanol–water partition coefficient (Wildman–Crippen LogP) is 22.8. The smallest absolute Gasteiger partial charge is 0.462 e. The number of esters is 4. The first kappa shape index (κ1) is 98.2. The summed E-state index contributed by atoms with van der Waals surface area (Å²) < 4.78 is 68.3. The third-order valence-electron chi connectivity index (χ3n) is 15.4. The minimum Gasteiger partial charge on any atom is -0.462 e. The SMILES string of the molecule is CC/C=C\C/C=C\C/C=C\C/C=C\C/C=C\C/C=C\CCC(=O)OCC(COP(=O)(O)OCC(O)COP(=O)(O)OCC(COC(=O)CC/C=C\C/C=C\C/C=C\C/C=C\C/C=C\C/C=C\CC)OC(=O)CCCCCCCCCCCCC)OC(=O)CCCCCCC/C=C\C/C=C\C/C=C\CC. The molecule has 588 valence electrons. The maximum Gasteiger partial charge on any atom is 0.472 e. The van der Waals surface area contributed by atoms with E-state index in [2.05, 4.69) is 174 Å². The van der Waals surface area contributed by atoms with Crippen molar-refractivity contribution in [2.45, 2.75) is 290 Å². The molecule has 5 atom stereocenters. The summed E-state index contributed by atoms with van der Waals surface area (Å²) in [7, 11) is -10.0. The Morgan fingerprint density at radius 3 is 0.808 bits per heavy atom. The second-order valence-corrected chi connectivity index (χ2v) is 28.1. The Hall–Kier alpha value is -5.84. The van der Waals surface area contributed by atoms with Crippen LogP contribution in [0.1, 0.15) is 272 Å². The van der Waals surface area contributed by atoms with E-state index in [1.165, 1.54) is 38.5 Å². The minimum absolute atomic E-state index is 0.0245. The van der Waals surface area contributed by atoms with Crippen molar-refractivity contribution < 1.29 is 80.2 Å².